The van der Waals surface area contributed by atoms with Crippen molar-refractivity contribution < 1.29 is 0 Å². The van der Waals surface area contributed by atoms with E-state index in [1.807, 2.05) is 0 Å². The van der Waals surface area contributed by atoms with Crippen LogP contribution in [0, 0.1) is 5.92 Å². The molecule has 1 aliphatic carbocycles. The zero-order valence-corrected chi connectivity index (χ0v) is 14.3. The minimum absolute atomic E-state index is 0.550. The summed E-state index contributed by atoms with van der Waals surface area (Å²) in [5.74, 6) is 2.06. The third-order valence-corrected chi connectivity index (χ3v) is 5.75. The topological polar surface area (TPSA) is 0 Å². The Morgan fingerprint density at radius 3 is 2.11 bits per heavy atom. The Morgan fingerprint density at radius 1 is 0.947 bits per heavy atom. The van der Waals surface area contributed by atoms with Crippen LogP contribution in [0.4, 0.5) is 0 Å². The highest BCUT2D eigenvalue weighted by molar-refractivity contribution is 9.09. The number of halogens is 1. The Labute approximate surface area is 127 Å². The van der Waals surface area contributed by atoms with E-state index in [1.165, 1.54) is 36.8 Å². The van der Waals surface area contributed by atoms with E-state index in [0.717, 1.165) is 5.92 Å². The molecule has 1 fully saturated rings. The van der Waals surface area contributed by atoms with Gasteiger partial charge in [-0.25, -0.2) is 0 Å². The summed E-state index contributed by atoms with van der Waals surface area (Å²) in [5, 5.41) is 0. The lowest BCUT2D eigenvalue weighted by atomic mass is 9.87. The van der Waals surface area contributed by atoms with Crippen molar-refractivity contribution in [1.82, 2.24) is 0 Å². The summed E-state index contributed by atoms with van der Waals surface area (Å²) in [6.45, 7) is 9.19. The number of rotatable bonds is 4. The lowest BCUT2D eigenvalue weighted by Gasteiger charge is -2.23. The third-order valence-electron chi connectivity index (χ3n) is 4.51. The first-order valence-corrected chi connectivity index (χ1v) is 8.70. The van der Waals surface area contributed by atoms with Crippen LogP contribution in [-0.2, 0) is 0 Å². The first-order chi connectivity index (χ1) is 9.00. The lowest BCUT2D eigenvalue weighted by Crippen LogP contribution is -2.08. The molecule has 1 aliphatic rings. The van der Waals surface area contributed by atoms with Gasteiger partial charge in [-0.1, -0.05) is 74.7 Å². The van der Waals surface area contributed by atoms with Gasteiger partial charge in [0.15, 0.2) is 0 Å². The van der Waals surface area contributed by atoms with E-state index in [0.29, 0.717) is 16.7 Å². The Balaban J connectivity index is 2.32. The molecule has 0 amide bonds. The van der Waals surface area contributed by atoms with Crippen molar-refractivity contribution in [3.05, 3.63) is 34.9 Å². The fourth-order valence-corrected chi connectivity index (χ4v) is 4.15. The molecular weight excluding hydrogens is 296 g/mol. The largest absolute Gasteiger partial charge is 0.0836 e. The average molecular weight is 323 g/mol. The number of hydrogen-bond acceptors (Lipinski definition) is 0. The normalized spacial score (nSPS) is 18.5. The molecule has 1 saturated carbocycles. The highest BCUT2D eigenvalue weighted by Gasteiger charge is 2.26. The Morgan fingerprint density at radius 2 is 1.58 bits per heavy atom. The van der Waals surface area contributed by atoms with E-state index >= 15 is 0 Å². The molecule has 0 spiro atoms. The van der Waals surface area contributed by atoms with Crippen LogP contribution >= 0.6 is 15.9 Å². The van der Waals surface area contributed by atoms with E-state index in [1.54, 1.807) is 5.56 Å². The van der Waals surface area contributed by atoms with E-state index in [9.17, 15) is 0 Å². The standard InChI is InChI=1S/C18H27Br/c1-12(2)15-9-10-16(17(11-15)13(3)4)18(19)14-7-5-6-8-14/h9-14,18H,5-8H2,1-4H3. The molecule has 0 radical (unpaired) electrons. The number of alkyl halides is 1. The summed E-state index contributed by atoms with van der Waals surface area (Å²) >= 11 is 3.99. The molecule has 1 unspecified atom stereocenters. The summed E-state index contributed by atoms with van der Waals surface area (Å²) in [6, 6.07) is 7.14. The minimum atomic E-state index is 0.550. The smallest absolute Gasteiger partial charge is 0.0426 e. The van der Waals surface area contributed by atoms with Gasteiger partial charge in [-0.05, 0) is 47.3 Å². The molecule has 0 aliphatic heterocycles. The summed E-state index contributed by atoms with van der Waals surface area (Å²) in [6.07, 6.45) is 5.60. The molecule has 0 aromatic heterocycles. The summed E-state index contributed by atoms with van der Waals surface area (Å²) in [5.41, 5.74) is 4.55. The summed E-state index contributed by atoms with van der Waals surface area (Å²) in [7, 11) is 0. The molecule has 1 heteroatoms. The zero-order chi connectivity index (χ0) is 14.0. The van der Waals surface area contributed by atoms with E-state index in [-0.39, 0.29) is 0 Å². The fourth-order valence-electron chi connectivity index (χ4n) is 3.21. The molecule has 19 heavy (non-hydrogen) atoms. The molecule has 1 aromatic carbocycles. The van der Waals surface area contributed by atoms with E-state index in [4.69, 9.17) is 0 Å². The minimum Gasteiger partial charge on any atom is -0.0836 e. The van der Waals surface area contributed by atoms with Crippen LogP contribution in [0.1, 0.15) is 86.7 Å². The second kappa shape index (κ2) is 6.43. The van der Waals surface area contributed by atoms with E-state index in [2.05, 4.69) is 61.8 Å². The molecule has 106 valence electrons. The molecule has 1 atom stereocenters. The highest BCUT2D eigenvalue weighted by atomic mass is 79.9. The second-order valence-electron chi connectivity index (χ2n) is 6.64. The van der Waals surface area contributed by atoms with Crippen LogP contribution in [0.5, 0.6) is 0 Å². The lowest BCUT2D eigenvalue weighted by molar-refractivity contribution is 0.537. The first-order valence-electron chi connectivity index (χ1n) is 7.78. The number of benzene rings is 1. The van der Waals surface area contributed by atoms with Gasteiger partial charge in [-0.3, -0.25) is 0 Å². The molecule has 0 bridgehead atoms. The predicted octanol–water partition coefficient (Wildman–Crippen LogP) is 6.56. The van der Waals surface area contributed by atoms with Crippen molar-refractivity contribution in [2.45, 2.75) is 70.0 Å². The third kappa shape index (κ3) is 3.42. The maximum absolute atomic E-state index is 3.99. The van der Waals surface area contributed by atoms with Gasteiger partial charge < -0.3 is 0 Å². The van der Waals surface area contributed by atoms with Gasteiger partial charge in [0.2, 0.25) is 0 Å². The van der Waals surface area contributed by atoms with Crippen LogP contribution < -0.4 is 0 Å². The van der Waals surface area contributed by atoms with Crippen LogP contribution in [0.25, 0.3) is 0 Å². The van der Waals surface area contributed by atoms with Gasteiger partial charge in [-0.15, -0.1) is 0 Å². The van der Waals surface area contributed by atoms with E-state index < -0.39 is 0 Å². The van der Waals surface area contributed by atoms with Gasteiger partial charge in [0.05, 0.1) is 0 Å². The van der Waals surface area contributed by atoms with Crippen molar-refractivity contribution in [2.75, 3.05) is 0 Å². The van der Waals surface area contributed by atoms with Gasteiger partial charge in [0.1, 0.15) is 0 Å². The Kier molecular flexibility index (Phi) is 5.11. The summed E-state index contributed by atoms with van der Waals surface area (Å²) in [4.78, 5) is 0.550. The first kappa shape index (κ1) is 15.1. The Bertz CT molecular complexity index is 414. The molecule has 2 rings (SSSR count). The maximum Gasteiger partial charge on any atom is 0.0426 e. The van der Waals surface area contributed by atoms with Gasteiger partial charge in [0, 0.05) is 4.83 Å². The Hall–Kier alpha value is -0.300. The van der Waals surface area contributed by atoms with Crippen molar-refractivity contribution in [3.63, 3.8) is 0 Å². The molecular formula is C18H27Br. The number of hydrogen-bond donors (Lipinski definition) is 0. The average Bonchev–Trinajstić information content (AvgIpc) is 2.90. The monoisotopic (exact) mass is 322 g/mol. The zero-order valence-electron chi connectivity index (χ0n) is 12.7. The van der Waals surface area contributed by atoms with Crippen molar-refractivity contribution in [1.29, 1.82) is 0 Å². The summed E-state index contributed by atoms with van der Waals surface area (Å²) < 4.78 is 0. The molecule has 0 N–H and O–H groups in total. The molecule has 0 saturated heterocycles. The fraction of sp³-hybridized carbons (Fsp3) is 0.667. The van der Waals surface area contributed by atoms with Crippen molar-refractivity contribution >= 4 is 15.9 Å². The molecule has 1 aromatic rings. The van der Waals surface area contributed by atoms with Gasteiger partial charge in [0.25, 0.3) is 0 Å². The van der Waals surface area contributed by atoms with Crippen LogP contribution in [0.3, 0.4) is 0 Å². The molecule has 0 heterocycles. The van der Waals surface area contributed by atoms with Crippen LogP contribution in [0.15, 0.2) is 18.2 Å². The molecule has 0 nitrogen and oxygen atoms in total. The quantitative estimate of drug-likeness (QED) is 0.550. The van der Waals surface area contributed by atoms with Crippen LogP contribution in [-0.4, -0.2) is 0 Å². The predicted molar refractivity (Wildman–Crippen MR) is 88.2 cm³/mol. The van der Waals surface area contributed by atoms with Crippen LogP contribution in [0.2, 0.25) is 0 Å². The van der Waals surface area contributed by atoms with Gasteiger partial charge in [-0.2, -0.15) is 0 Å². The second-order valence-corrected chi connectivity index (χ2v) is 7.63. The SMILES string of the molecule is CC(C)c1ccc(C(Br)C2CCCC2)c(C(C)C)c1. The highest BCUT2D eigenvalue weighted by Crippen LogP contribution is 2.43. The maximum atomic E-state index is 3.99. The van der Waals surface area contributed by atoms with Crippen molar-refractivity contribution in [2.24, 2.45) is 5.92 Å². The van der Waals surface area contributed by atoms with Gasteiger partial charge >= 0.3 is 0 Å². The van der Waals surface area contributed by atoms with Crippen molar-refractivity contribution in [3.8, 4) is 0 Å².